The van der Waals surface area contributed by atoms with Gasteiger partial charge in [-0.05, 0) is 12.8 Å². The van der Waals surface area contributed by atoms with E-state index < -0.39 is 0 Å². The van der Waals surface area contributed by atoms with E-state index in [1.165, 1.54) is 6.42 Å². The monoisotopic (exact) mass is 213 g/mol. The molecule has 78 valence electrons. The van der Waals surface area contributed by atoms with Crippen LogP contribution in [0, 0.1) is 0 Å². The second-order valence-corrected chi connectivity index (χ2v) is 4.49. The molecule has 2 heterocycles. The fourth-order valence-electron chi connectivity index (χ4n) is 1.70. The molecule has 1 aromatic heterocycles. The highest BCUT2D eigenvalue weighted by atomic mass is 32.1. The Morgan fingerprint density at radius 1 is 1.71 bits per heavy atom. The van der Waals surface area contributed by atoms with Gasteiger partial charge in [-0.25, -0.2) is 4.98 Å². The number of nitrogens with two attached hydrogens (primary N) is 1. The maximum atomic E-state index is 5.91. The molecule has 0 bridgehead atoms. The summed E-state index contributed by atoms with van der Waals surface area (Å²) in [5.41, 5.74) is 5.91. The number of nitrogens with zero attached hydrogens (tertiary/aromatic N) is 2. The molecule has 5 heteroatoms. The van der Waals surface area contributed by atoms with Gasteiger partial charge in [-0.1, -0.05) is 11.3 Å². The Kier molecular flexibility index (Phi) is 2.88. The lowest BCUT2D eigenvalue weighted by Gasteiger charge is -2.30. The number of hydrogen-bond donors (Lipinski definition) is 1. The standard InChI is InChI=1S/C9H15N3OS/c1-13-9-11-5-8(14-9)12-4-2-3-7(10)6-12/h5,7H,2-4,6,10H2,1H3. The summed E-state index contributed by atoms with van der Waals surface area (Å²) < 4.78 is 5.06. The number of thiazole rings is 1. The molecule has 2 rings (SSSR count). The fourth-order valence-corrected chi connectivity index (χ4v) is 2.47. The van der Waals surface area contributed by atoms with Crippen LogP contribution in [-0.2, 0) is 0 Å². The molecule has 1 unspecified atom stereocenters. The van der Waals surface area contributed by atoms with Crippen molar-refractivity contribution in [3.8, 4) is 5.19 Å². The molecule has 1 aliphatic heterocycles. The summed E-state index contributed by atoms with van der Waals surface area (Å²) in [6, 6.07) is 0.303. The molecule has 0 saturated carbocycles. The first kappa shape index (κ1) is 9.73. The van der Waals surface area contributed by atoms with Gasteiger partial charge >= 0.3 is 0 Å². The first-order chi connectivity index (χ1) is 6.79. The first-order valence-corrected chi connectivity index (χ1v) is 5.61. The van der Waals surface area contributed by atoms with E-state index in [0.29, 0.717) is 6.04 Å². The van der Waals surface area contributed by atoms with Crippen molar-refractivity contribution in [2.45, 2.75) is 18.9 Å². The van der Waals surface area contributed by atoms with E-state index in [1.807, 2.05) is 6.20 Å². The largest absolute Gasteiger partial charge is 0.473 e. The summed E-state index contributed by atoms with van der Waals surface area (Å²) in [6.07, 6.45) is 4.16. The SMILES string of the molecule is COc1ncc(N2CCCC(N)C2)s1. The Bertz CT molecular complexity index is 302. The van der Waals surface area contributed by atoms with Crippen molar-refractivity contribution in [2.75, 3.05) is 25.1 Å². The molecule has 1 atom stereocenters. The van der Waals surface area contributed by atoms with E-state index in [0.717, 1.165) is 29.7 Å². The van der Waals surface area contributed by atoms with Crippen LogP contribution in [0.5, 0.6) is 5.19 Å². The molecule has 4 nitrogen and oxygen atoms in total. The van der Waals surface area contributed by atoms with Crippen LogP contribution in [0.3, 0.4) is 0 Å². The minimum absolute atomic E-state index is 0.303. The summed E-state index contributed by atoms with van der Waals surface area (Å²) in [5.74, 6) is 0. The average Bonchev–Trinajstić information content (AvgIpc) is 2.66. The van der Waals surface area contributed by atoms with Crippen LogP contribution >= 0.6 is 11.3 Å². The van der Waals surface area contributed by atoms with Gasteiger partial charge in [-0.15, -0.1) is 0 Å². The Balaban J connectivity index is 2.06. The van der Waals surface area contributed by atoms with Crippen molar-refractivity contribution in [3.63, 3.8) is 0 Å². The second kappa shape index (κ2) is 4.14. The molecule has 14 heavy (non-hydrogen) atoms. The van der Waals surface area contributed by atoms with E-state index in [-0.39, 0.29) is 0 Å². The molecular formula is C9H15N3OS. The normalized spacial score (nSPS) is 22.4. The molecule has 0 spiro atoms. The lowest BCUT2D eigenvalue weighted by atomic mass is 10.1. The van der Waals surface area contributed by atoms with Gasteiger partial charge in [-0.3, -0.25) is 0 Å². The van der Waals surface area contributed by atoms with Gasteiger partial charge in [0.15, 0.2) is 0 Å². The zero-order chi connectivity index (χ0) is 9.97. The van der Waals surface area contributed by atoms with Gasteiger partial charge in [0.05, 0.1) is 13.3 Å². The lowest BCUT2D eigenvalue weighted by Crippen LogP contribution is -2.42. The van der Waals surface area contributed by atoms with Crippen molar-refractivity contribution in [1.82, 2.24) is 4.98 Å². The third kappa shape index (κ3) is 1.99. The molecule has 0 amide bonds. The van der Waals surface area contributed by atoms with Crippen LogP contribution < -0.4 is 15.4 Å². The molecule has 2 N–H and O–H groups in total. The Morgan fingerprint density at radius 2 is 2.57 bits per heavy atom. The van der Waals surface area contributed by atoms with Gasteiger partial charge in [0.1, 0.15) is 5.00 Å². The molecule has 0 aromatic carbocycles. The van der Waals surface area contributed by atoms with Crippen molar-refractivity contribution in [3.05, 3.63) is 6.20 Å². The Labute approximate surface area is 87.7 Å². The minimum Gasteiger partial charge on any atom is -0.473 e. The lowest BCUT2D eigenvalue weighted by molar-refractivity contribution is 0.412. The van der Waals surface area contributed by atoms with Gasteiger partial charge in [0, 0.05) is 19.1 Å². The second-order valence-electron chi connectivity index (χ2n) is 3.52. The number of piperidine rings is 1. The zero-order valence-electron chi connectivity index (χ0n) is 8.27. The van der Waals surface area contributed by atoms with E-state index in [1.54, 1.807) is 18.4 Å². The number of ether oxygens (including phenoxy) is 1. The van der Waals surface area contributed by atoms with Crippen molar-refractivity contribution in [2.24, 2.45) is 5.73 Å². The summed E-state index contributed by atoms with van der Waals surface area (Å²) >= 11 is 1.58. The van der Waals surface area contributed by atoms with E-state index in [9.17, 15) is 0 Å². The summed E-state index contributed by atoms with van der Waals surface area (Å²) in [5, 5.41) is 1.89. The third-order valence-electron chi connectivity index (χ3n) is 2.42. The van der Waals surface area contributed by atoms with Crippen LogP contribution in [-0.4, -0.2) is 31.2 Å². The predicted octanol–water partition coefficient (Wildman–Crippen LogP) is 1.08. The summed E-state index contributed by atoms with van der Waals surface area (Å²) in [6.45, 7) is 2.02. The van der Waals surface area contributed by atoms with Crippen LogP contribution in [0.4, 0.5) is 5.00 Å². The van der Waals surface area contributed by atoms with Crippen molar-refractivity contribution in [1.29, 1.82) is 0 Å². The molecule has 0 radical (unpaired) electrons. The number of aromatic nitrogens is 1. The van der Waals surface area contributed by atoms with Gasteiger partial charge in [0.25, 0.3) is 5.19 Å². The van der Waals surface area contributed by atoms with E-state index >= 15 is 0 Å². The topological polar surface area (TPSA) is 51.4 Å². The summed E-state index contributed by atoms with van der Waals surface area (Å²) in [4.78, 5) is 6.43. The number of anilines is 1. The van der Waals surface area contributed by atoms with Gasteiger partial charge in [0.2, 0.25) is 0 Å². The quantitative estimate of drug-likeness (QED) is 0.798. The van der Waals surface area contributed by atoms with Crippen LogP contribution in [0.1, 0.15) is 12.8 Å². The predicted molar refractivity (Wildman–Crippen MR) is 58.1 cm³/mol. The molecule has 1 aliphatic rings. The van der Waals surface area contributed by atoms with Gasteiger partial charge < -0.3 is 15.4 Å². The molecular weight excluding hydrogens is 198 g/mol. The smallest absolute Gasteiger partial charge is 0.274 e. The highest BCUT2D eigenvalue weighted by Gasteiger charge is 2.18. The van der Waals surface area contributed by atoms with Crippen LogP contribution in [0.2, 0.25) is 0 Å². The number of rotatable bonds is 2. The minimum atomic E-state index is 0.303. The van der Waals surface area contributed by atoms with Crippen molar-refractivity contribution < 1.29 is 4.74 Å². The Morgan fingerprint density at radius 3 is 3.21 bits per heavy atom. The molecule has 0 aliphatic carbocycles. The van der Waals surface area contributed by atoms with Crippen molar-refractivity contribution >= 4 is 16.3 Å². The highest BCUT2D eigenvalue weighted by Crippen LogP contribution is 2.30. The third-order valence-corrected chi connectivity index (χ3v) is 3.44. The Hall–Kier alpha value is -0.810. The average molecular weight is 213 g/mol. The molecule has 1 aromatic rings. The van der Waals surface area contributed by atoms with E-state index in [4.69, 9.17) is 10.5 Å². The summed E-state index contributed by atoms with van der Waals surface area (Å²) in [7, 11) is 1.64. The maximum absolute atomic E-state index is 5.91. The number of hydrogen-bond acceptors (Lipinski definition) is 5. The van der Waals surface area contributed by atoms with Gasteiger partial charge in [-0.2, -0.15) is 0 Å². The highest BCUT2D eigenvalue weighted by molar-refractivity contribution is 7.17. The number of methoxy groups -OCH3 is 1. The molecule has 1 saturated heterocycles. The fraction of sp³-hybridized carbons (Fsp3) is 0.667. The maximum Gasteiger partial charge on any atom is 0.274 e. The molecule has 1 fully saturated rings. The van der Waals surface area contributed by atoms with Crippen LogP contribution in [0.15, 0.2) is 6.20 Å². The van der Waals surface area contributed by atoms with Crippen LogP contribution in [0.25, 0.3) is 0 Å². The zero-order valence-corrected chi connectivity index (χ0v) is 9.09. The first-order valence-electron chi connectivity index (χ1n) is 4.80. The van der Waals surface area contributed by atoms with E-state index in [2.05, 4.69) is 9.88 Å².